The smallest absolute Gasteiger partial charge is 0.271 e. The normalized spacial score (nSPS) is 15.4. The van der Waals surface area contributed by atoms with Crippen molar-refractivity contribution in [3.05, 3.63) is 69.7 Å². The third-order valence-corrected chi connectivity index (χ3v) is 4.72. The lowest BCUT2D eigenvalue weighted by molar-refractivity contribution is 0.0342. The van der Waals surface area contributed by atoms with E-state index in [4.69, 9.17) is 4.74 Å². The van der Waals surface area contributed by atoms with Crippen LogP contribution >= 0.6 is 15.9 Å². The molecule has 1 aliphatic rings. The zero-order valence-corrected chi connectivity index (χ0v) is 15.4. The van der Waals surface area contributed by atoms with E-state index in [1.165, 1.54) is 5.56 Å². The summed E-state index contributed by atoms with van der Waals surface area (Å²) in [5.74, 6) is -0.221. The van der Waals surface area contributed by atoms with E-state index in [2.05, 4.69) is 31.4 Å². The number of carbonyl (C=O) groups excluding carboxylic acids is 1. The maximum Gasteiger partial charge on any atom is 0.271 e. The molecule has 0 bridgehead atoms. The largest absolute Gasteiger partial charge is 0.379 e. The number of hydrogen-bond acceptors (Lipinski definition) is 4. The maximum absolute atomic E-state index is 12.2. The Morgan fingerprint density at radius 2 is 1.88 bits per heavy atom. The van der Waals surface area contributed by atoms with Gasteiger partial charge < -0.3 is 4.74 Å². The number of hydrogen-bond donors (Lipinski definition) is 1. The van der Waals surface area contributed by atoms with Crippen LogP contribution in [-0.4, -0.2) is 43.3 Å². The van der Waals surface area contributed by atoms with E-state index in [0.717, 1.165) is 42.9 Å². The summed E-state index contributed by atoms with van der Waals surface area (Å²) in [6, 6.07) is 15.3. The molecule has 0 unspecified atom stereocenters. The van der Waals surface area contributed by atoms with Crippen LogP contribution in [0.25, 0.3) is 0 Å². The van der Waals surface area contributed by atoms with Gasteiger partial charge in [0.25, 0.3) is 5.91 Å². The van der Waals surface area contributed by atoms with Crippen LogP contribution in [0, 0.1) is 0 Å². The summed E-state index contributed by atoms with van der Waals surface area (Å²) < 4.78 is 6.28. The summed E-state index contributed by atoms with van der Waals surface area (Å²) in [4.78, 5) is 14.5. The lowest BCUT2D eigenvalue weighted by Gasteiger charge is -2.26. The van der Waals surface area contributed by atoms with Crippen molar-refractivity contribution >= 4 is 28.1 Å². The molecule has 25 heavy (non-hydrogen) atoms. The Morgan fingerprint density at radius 1 is 1.16 bits per heavy atom. The second-order valence-corrected chi connectivity index (χ2v) is 6.66. The number of carbonyl (C=O) groups is 1. The van der Waals surface area contributed by atoms with Gasteiger partial charge in [-0.2, -0.15) is 5.10 Å². The van der Waals surface area contributed by atoms with E-state index < -0.39 is 0 Å². The predicted octanol–water partition coefficient (Wildman–Crippen LogP) is 3.05. The van der Waals surface area contributed by atoms with Crippen molar-refractivity contribution < 1.29 is 9.53 Å². The fraction of sp³-hybridized carbons (Fsp3) is 0.263. The molecular formula is C19H20BrN3O2. The van der Waals surface area contributed by atoms with Gasteiger partial charge in [-0.3, -0.25) is 9.69 Å². The minimum atomic E-state index is -0.221. The SMILES string of the molecule is O=C(N/N=C/c1ccccc1Br)c1ccc(CN2CCOCC2)cc1. The molecule has 2 aromatic carbocycles. The first-order chi connectivity index (χ1) is 12.2. The molecule has 130 valence electrons. The molecule has 0 spiro atoms. The van der Waals surface area contributed by atoms with Crippen molar-refractivity contribution in [1.29, 1.82) is 0 Å². The minimum Gasteiger partial charge on any atom is -0.379 e. The number of benzene rings is 2. The molecule has 0 radical (unpaired) electrons. The zero-order chi connectivity index (χ0) is 17.5. The molecule has 6 heteroatoms. The number of ether oxygens (including phenoxy) is 1. The molecule has 0 aromatic heterocycles. The number of rotatable bonds is 5. The van der Waals surface area contributed by atoms with Crippen LogP contribution in [0.4, 0.5) is 0 Å². The van der Waals surface area contributed by atoms with Crippen molar-refractivity contribution in [2.24, 2.45) is 5.10 Å². The molecule has 1 saturated heterocycles. The second-order valence-electron chi connectivity index (χ2n) is 5.81. The molecule has 5 nitrogen and oxygen atoms in total. The van der Waals surface area contributed by atoms with Crippen molar-refractivity contribution in [2.75, 3.05) is 26.3 Å². The van der Waals surface area contributed by atoms with Gasteiger partial charge in [0, 0.05) is 35.2 Å². The molecular weight excluding hydrogens is 382 g/mol. The topological polar surface area (TPSA) is 53.9 Å². The van der Waals surface area contributed by atoms with Gasteiger partial charge in [0.15, 0.2) is 0 Å². The number of nitrogens with one attached hydrogen (secondary N) is 1. The summed E-state index contributed by atoms with van der Waals surface area (Å²) in [6.07, 6.45) is 1.62. The summed E-state index contributed by atoms with van der Waals surface area (Å²) in [6.45, 7) is 4.36. The van der Waals surface area contributed by atoms with Crippen LogP contribution in [0.3, 0.4) is 0 Å². The third kappa shape index (κ3) is 5.22. The van der Waals surface area contributed by atoms with Gasteiger partial charge in [-0.15, -0.1) is 0 Å². The molecule has 2 aromatic rings. The van der Waals surface area contributed by atoms with E-state index in [1.807, 2.05) is 48.5 Å². The number of nitrogens with zero attached hydrogens (tertiary/aromatic N) is 2. The van der Waals surface area contributed by atoms with Crippen LogP contribution in [0.2, 0.25) is 0 Å². The molecule has 1 aliphatic heterocycles. The average Bonchev–Trinajstić information content (AvgIpc) is 2.65. The van der Waals surface area contributed by atoms with Crippen molar-refractivity contribution in [2.45, 2.75) is 6.54 Å². The van der Waals surface area contributed by atoms with Crippen LogP contribution < -0.4 is 5.43 Å². The fourth-order valence-corrected chi connectivity index (χ4v) is 2.97. The van der Waals surface area contributed by atoms with E-state index in [-0.39, 0.29) is 5.91 Å². The number of amides is 1. The Bertz CT molecular complexity index is 741. The molecule has 1 N–H and O–H groups in total. The van der Waals surface area contributed by atoms with Crippen LogP contribution in [0.15, 0.2) is 58.1 Å². The molecule has 1 fully saturated rings. The number of morpholine rings is 1. The first-order valence-electron chi connectivity index (χ1n) is 8.19. The average molecular weight is 402 g/mol. The monoisotopic (exact) mass is 401 g/mol. The van der Waals surface area contributed by atoms with Gasteiger partial charge in [-0.25, -0.2) is 5.43 Å². The third-order valence-electron chi connectivity index (χ3n) is 4.00. The number of hydrazone groups is 1. The van der Waals surface area contributed by atoms with Gasteiger partial charge in [0.1, 0.15) is 0 Å². The molecule has 0 saturated carbocycles. The van der Waals surface area contributed by atoms with Crippen LogP contribution in [0.5, 0.6) is 0 Å². The van der Waals surface area contributed by atoms with Crippen molar-refractivity contribution in [3.63, 3.8) is 0 Å². The Kier molecular flexibility index (Phi) is 6.33. The van der Waals surface area contributed by atoms with Gasteiger partial charge in [0.2, 0.25) is 0 Å². The first-order valence-corrected chi connectivity index (χ1v) is 8.98. The Hall–Kier alpha value is -2.02. The zero-order valence-electron chi connectivity index (χ0n) is 13.8. The van der Waals surface area contributed by atoms with Gasteiger partial charge in [-0.05, 0) is 23.8 Å². The minimum absolute atomic E-state index is 0.221. The quantitative estimate of drug-likeness (QED) is 0.618. The van der Waals surface area contributed by atoms with Crippen LogP contribution in [0.1, 0.15) is 21.5 Å². The summed E-state index contributed by atoms with van der Waals surface area (Å²) in [7, 11) is 0. The van der Waals surface area contributed by atoms with Gasteiger partial charge in [-0.1, -0.05) is 46.3 Å². The lowest BCUT2D eigenvalue weighted by atomic mass is 10.1. The highest BCUT2D eigenvalue weighted by Crippen LogP contribution is 2.13. The van der Waals surface area contributed by atoms with E-state index in [9.17, 15) is 4.79 Å². The standard InChI is InChI=1S/C19H20BrN3O2/c20-18-4-2-1-3-17(18)13-21-22-19(24)16-7-5-15(6-8-16)14-23-9-11-25-12-10-23/h1-8,13H,9-12,14H2,(H,22,24)/b21-13+. The maximum atomic E-state index is 12.2. The molecule has 3 rings (SSSR count). The second kappa shape index (κ2) is 8.89. The number of halogens is 1. The van der Waals surface area contributed by atoms with Gasteiger partial charge in [0.05, 0.1) is 19.4 Å². The van der Waals surface area contributed by atoms with Crippen LogP contribution in [-0.2, 0) is 11.3 Å². The predicted molar refractivity (Wildman–Crippen MR) is 102 cm³/mol. The molecule has 0 aliphatic carbocycles. The van der Waals surface area contributed by atoms with Crippen molar-refractivity contribution in [3.8, 4) is 0 Å². The summed E-state index contributed by atoms with van der Waals surface area (Å²) in [5.41, 5.74) is 5.25. The highest BCUT2D eigenvalue weighted by Gasteiger charge is 2.11. The molecule has 0 atom stereocenters. The molecule has 1 heterocycles. The fourth-order valence-electron chi connectivity index (χ4n) is 2.58. The highest BCUT2D eigenvalue weighted by atomic mass is 79.9. The van der Waals surface area contributed by atoms with Crippen molar-refractivity contribution in [1.82, 2.24) is 10.3 Å². The first kappa shape index (κ1) is 17.8. The lowest BCUT2D eigenvalue weighted by Crippen LogP contribution is -2.35. The highest BCUT2D eigenvalue weighted by molar-refractivity contribution is 9.10. The molecule has 1 amide bonds. The van der Waals surface area contributed by atoms with E-state index >= 15 is 0 Å². The Balaban J connectivity index is 1.54. The Morgan fingerprint density at radius 3 is 2.60 bits per heavy atom. The van der Waals surface area contributed by atoms with E-state index in [1.54, 1.807) is 6.21 Å². The van der Waals surface area contributed by atoms with Gasteiger partial charge >= 0.3 is 0 Å². The summed E-state index contributed by atoms with van der Waals surface area (Å²) in [5, 5.41) is 4.02. The summed E-state index contributed by atoms with van der Waals surface area (Å²) >= 11 is 3.44. The Labute approximate surface area is 155 Å². The van der Waals surface area contributed by atoms with E-state index in [0.29, 0.717) is 5.56 Å².